The van der Waals surface area contributed by atoms with Crippen molar-refractivity contribution in [1.29, 1.82) is 5.26 Å². The largest absolute Gasteiger partial charge is 0.503 e. The minimum absolute atomic E-state index is 0.0647. The zero-order chi connectivity index (χ0) is 17.6. The van der Waals surface area contributed by atoms with Crippen LogP contribution in [0.25, 0.3) is 0 Å². The van der Waals surface area contributed by atoms with Crippen molar-refractivity contribution in [2.75, 3.05) is 6.61 Å². The molecule has 0 saturated heterocycles. The number of nitro benzene ring substituents is 1. The molecule has 122 valence electrons. The third-order valence-corrected chi connectivity index (χ3v) is 2.59. The minimum atomic E-state index is -5.23. The average Bonchev–Trinajstić information content (AvgIpc) is 2.47. The molecular formula is C13H9F3N2O5. The van der Waals surface area contributed by atoms with Crippen LogP contribution in [0, 0.1) is 21.4 Å². The summed E-state index contributed by atoms with van der Waals surface area (Å²) in [4.78, 5) is 21.2. The maximum absolute atomic E-state index is 12.2. The van der Waals surface area contributed by atoms with E-state index in [4.69, 9.17) is 10.4 Å². The topological polar surface area (TPSA) is 113 Å². The second-order valence-corrected chi connectivity index (χ2v) is 4.14. The highest BCUT2D eigenvalue weighted by Gasteiger charge is 2.39. The number of nitriles is 1. The van der Waals surface area contributed by atoms with E-state index in [9.17, 15) is 28.1 Å². The summed E-state index contributed by atoms with van der Waals surface area (Å²) < 4.78 is 41.1. The second kappa shape index (κ2) is 7.26. The number of nitrogens with zero attached hydrogens (tertiary/aromatic N) is 2. The van der Waals surface area contributed by atoms with Crippen molar-refractivity contribution < 1.29 is 32.7 Å². The fraction of sp³-hybridized carbons (Fsp3) is 0.231. The summed E-state index contributed by atoms with van der Waals surface area (Å²) in [5, 5.41) is 27.7. The number of allylic oxidation sites excluding steroid dienone is 1. The Balaban J connectivity index is 2.66. The zero-order valence-electron chi connectivity index (χ0n) is 11.3. The molecule has 0 bridgehead atoms. The maximum atomic E-state index is 12.2. The number of alkyl halides is 3. The Morgan fingerprint density at radius 1 is 1.35 bits per heavy atom. The summed E-state index contributed by atoms with van der Waals surface area (Å²) in [6.45, 7) is -0.368. The van der Waals surface area contributed by atoms with E-state index in [0.29, 0.717) is 5.56 Å². The maximum Gasteiger partial charge on any atom is 0.450 e. The molecule has 1 aromatic rings. The highest BCUT2D eigenvalue weighted by molar-refractivity contribution is 5.93. The molecule has 23 heavy (non-hydrogen) atoms. The van der Waals surface area contributed by atoms with E-state index < -0.39 is 28.4 Å². The first kappa shape index (κ1) is 18.0. The Labute approximate surface area is 127 Å². The lowest BCUT2D eigenvalue weighted by Crippen LogP contribution is -2.19. The molecule has 0 heterocycles. The first-order valence-corrected chi connectivity index (χ1v) is 5.97. The number of halogens is 3. The molecule has 1 rings (SSSR count). The number of carbonyl (C=O) groups excluding carboxylic acids is 1. The molecule has 1 N–H and O–H groups in total. The molecular weight excluding hydrogens is 321 g/mol. The smallest absolute Gasteiger partial charge is 0.450 e. The third kappa shape index (κ3) is 4.99. The number of esters is 1. The van der Waals surface area contributed by atoms with E-state index in [-0.39, 0.29) is 18.7 Å². The van der Waals surface area contributed by atoms with E-state index in [1.165, 1.54) is 24.3 Å². The predicted molar refractivity (Wildman–Crippen MR) is 69.1 cm³/mol. The van der Waals surface area contributed by atoms with Gasteiger partial charge in [-0.15, -0.1) is 0 Å². The number of aliphatic hydroxyl groups excluding tert-OH is 1. The standard InChI is InChI=1S/C13H9F3N2O5/c14-13(15,16)11(19)10(7-17)12(20)23-6-5-8-1-3-9(4-2-8)18(21)22/h1-4,19H,5-6H2. The molecule has 0 aliphatic rings. The normalized spacial score (nSPS) is 12.1. The van der Waals surface area contributed by atoms with Gasteiger partial charge >= 0.3 is 12.1 Å². The Bertz CT molecular complexity index is 674. The van der Waals surface area contributed by atoms with E-state index in [0.717, 1.165) is 6.07 Å². The fourth-order valence-electron chi connectivity index (χ4n) is 1.46. The van der Waals surface area contributed by atoms with Crippen LogP contribution >= 0.6 is 0 Å². The molecule has 0 amide bonds. The number of non-ortho nitro benzene ring substituents is 1. The number of ether oxygens (including phenoxy) is 1. The zero-order valence-corrected chi connectivity index (χ0v) is 11.3. The quantitative estimate of drug-likeness (QED) is 0.222. The van der Waals surface area contributed by atoms with Crippen LogP contribution in [0.5, 0.6) is 0 Å². The van der Waals surface area contributed by atoms with E-state index in [1.807, 2.05) is 0 Å². The molecule has 0 atom stereocenters. The molecule has 7 nitrogen and oxygen atoms in total. The number of aliphatic hydroxyl groups is 1. The van der Waals surface area contributed by atoms with Crippen LogP contribution in [-0.2, 0) is 16.0 Å². The summed E-state index contributed by atoms with van der Waals surface area (Å²) in [7, 11) is 0. The van der Waals surface area contributed by atoms with Crippen molar-refractivity contribution in [2.24, 2.45) is 0 Å². The van der Waals surface area contributed by atoms with Crippen LogP contribution in [0.3, 0.4) is 0 Å². The molecule has 0 aliphatic heterocycles. The van der Waals surface area contributed by atoms with Crippen molar-refractivity contribution >= 4 is 11.7 Å². The van der Waals surface area contributed by atoms with Gasteiger partial charge in [0.2, 0.25) is 5.76 Å². The van der Waals surface area contributed by atoms with Gasteiger partial charge in [-0.1, -0.05) is 12.1 Å². The van der Waals surface area contributed by atoms with E-state index in [1.54, 1.807) is 0 Å². The molecule has 0 fully saturated rings. The van der Waals surface area contributed by atoms with Crippen molar-refractivity contribution in [3.8, 4) is 6.07 Å². The molecule has 0 spiro atoms. The number of benzene rings is 1. The molecule has 10 heteroatoms. The van der Waals surface area contributed by atoms with E-state index in [2.05, 4.69) is 4.74 Å². The fourth-order valence-corrected chi connectivity index (χ4v) is 1.46. The summed E-state index contributed by atoms with van der Waals surface area (Å²) in [5.41, 5.74) is -1.15. The molecule has 0 aliphatic carbocycles. The summed E-state index contributed by atoms with van der Waals surface area (Å²) in [6, 6.07) is 6.15. The van der Waals surface area contributed by atoms with Gasteiger partial charge in [-0.05, 0) is 5.56 Å². The molecule has 0 aromatic heterocycles. The highest BCUT2D eigenvalue weighted by atomic mass is 19.4. The van der Waals surface area contributed by atoms with Crippen molar-refractivity contribution in [3.63, 3.8) is 0 Å². The molecule has 0 unspecified atom stereocenters. The average molecular weight is 330 g/mol. The first-order chi connectivity index (χ1) is 10.7. The second-order valence-electron chi connectivity index (χ2n) is 4.14. The molecule has 1 aromatic carbocycles. The van der Waals surface area contributed by atoms with Gasteiger partial charge in [-0.3, -0.25) is 10.1 Å². The van der Waals surface area contributed by atoms with Crippen LogP contribution in [-0.4, -0.2) is 28.8 Å². The summed E-state index contributed by atoms with van der Waals surface area (Å²) in [6.07, 6.45) is -5.17. The highest BCUT2D eigenvalue weighted by Crippen LogP contribution is 2.26. The van der Waals surface area contributed by atoms with Gasteiger partial charge in [-0.2, -0.15) is 18.4 Å². The third-order valence-electron chi connectivity index (χ3n) is 2.59. The SMILES string of the molecule is N#CC(C(=O)OCCc1ccc([N+](=O)[O-])cc1)=C(O)C(F)(F)F. The number of hydrogen-bond acceptors (Lipinski definition) is 6. The van der Waals surface area contributed by atoms with Gasteiger partial charge in [0, 0.05) is 18.6 Å². The first-order valence-electron chi connectivity index (χ1n) is 5.97. The van der Waals surface area contributed by atoms with Gasteiger partial charge < -0.3 is 9.84 Å². The van der Waals surface area contributed by atoms with Gasteiger partial charge in [-0.25, -0.2) is 4.79 Å². The van der Waals surface area contributed by atoms with Crippen molar-refractivity contribution in [3.05, 3.63) is 51.3 Å². The Morgan fingerprint density at radius 2 is 1.91 bits per heavy atom. The van der Waals surface area contributed by atoms with Gasteiger partial charge in [0.25, 0.3) is 5.69 Å². The Kier molecular flexibility index (Phi) is 5.67. The van der Waals surface area contributed by atoms with Crippen LogP contribution in [0.15, 0.2) is 35.6 Å². The lowest BCUT2D eigenvalue weighted by molar-refractivity contribution is -0.384. The monoisotopic (exact) mass is 330 g/mol. The number of rotatable bonds is 5. The van der Waals surface area contributed by atoms with Crippen LogP contribution in [0.4, 0.5) is 18.9 Å². The Morgan fingerprint density at radius 3 is 2.35 bits per heavy atom. The predicted octanol–water partition coefficient (Wildman–Crippen LogP) is 2.58. The lowest BCUT2D eigenvalue weighted by atomic mass is 10.1. The van der Waals surface area contributed by atoms with Crippen LogP contribution in [0.1, 0.15) is 5.56 Å². The number of hydrogen-bond donors (Lipinski definition) is 1. The van der Waals surface area contributed by atoms with Crippen molar-refractivity contribution in [2.45, 2.75) is 12.6 Å². The molecule has 0 saturated carbocycles. The lowest BCUT2D eigenvalue weighted by Gasteiger charge is -2.08. The summed E-state index contributed by atoms with van der Waals surface area (Å²) >= 11 is 0. The van der Waals surface area contributed by atoms with Gasteiger partial charge in [0.05, 0.1) is 11.5 Å². The minimum Gasteiger partial charge on any atom is -0.503 e. The van der Waals surface area contributed by atoms with Gasteiger partial charge in [0.15, 0.2) is 5.57 Å². The van der Waals surface area contributed by atoms with Gasteiger partial charge in [0.1, 0.15) is 6.07 Å². The summed E-state index contributed by atoms with van der Waals surface area (Å²) in [5.74, 6) is -3.93. The van der Waals surface area contributed by atoms with Crippen LogP contribution < -0.4 is 0 Å². The van der Waals surface area contributed by atoms with Crippen molar-refractivity contribution in [1.82, 2.24) is 0 Å². The number of nitro groups is 1. The molecule has 0 radical (unpaired) electrons. The number of carbonyl (C=O) groups is 1. The van der Waals surface area contributed by atoms with E-state index >= 15 is 0 Å². The van der Waals surface area contributed by atoms with Crippen LogP contribution in [0.2, 0.25) is 0 Å². The Hall–Kier alpha value is -3.09.